The van der Waals surface area contributed by atoms with E-state index in [9.17, 15) is 4.79 Å². The lowest BCUT2D eigenvalue weighted by molar-refractivity contribution is -0.111. The maximum absolute atomic E-state index is 12.5. The van der Waals surface area contributed by atoms with Crippen molar-refractivity contribution in [2.24, 2.45) is 0 Å². The number of carbonyl (C=O) groups is 1. The van der Waals surface area contributed by atoms with E-state index < -0.39 is 0 Å². The first-order chi connectivity index (χ1) is 13.2. The molecule has 1 N–H and O–H groups in total. The van der Waals surface area contributed by atoms with Gasteiger partial charge in [0.1, 0.15) is 5.82 Å². The molecule has 0 saturated heterocycles. The molecule has 6 nitrogen and oxygen atoms in total. The van der Waals surface area contributed by atoms with E-state index in [1.807, 2.05) is 72.6 Å². The fourth-order valence-electron chi connectivity index (χ4n) is 3.14. The Labute approximate surface area is 165 Å². The minimum absolute atomic E-state index is 0.198. The highest BCUT2D eigenvalue weighted by molar-refractivity contribution is 6.01. The number of aryl methyl sites for hydroxylation is 2. The van der Waals surface area contributed by atoms with Crippen molar-refractivity contribution in [2.45, 2.75) is 47.1 Å². The van der Waals surface area contributed by atoms with Crippen LogP contribution in [0.15, 0.2) is 42.5 Å². The SMILES string of the molecule is Cc1cc(NC(=O)/C=C/c2c(C)nn(-c3ccccc3)c2C)n(C(C)(C)C)n1. The van der Waals surface area contributed by atoms with Crippen molar-refractivity contribution in [3.05, 3.63) is 65.1 Å². The van der Waals surface area contributed by atoms with Gasteiger partial charge in [0.15, 0.2) is 0 Å². The second-order valence-electron chi connectivity index (χ2n) is 7.91. The Morgan fingerprint density at radius 1 is 1.07 bits per heavy atom. The van der Waals surface area contributed by atoms with Gasteiger partial charge >= 0.3 is 0 Å². The number of carbonyl (C=O) groups excluding carboxylic acids is 1. The van der Waals surface area contributed by atoms with Gasteiger partial charge in [0, 0.05) is 23.4 Å². The van der Waals surface area contributed by atoms with Gasteiger partial charge < -0.3 is 5.32 Å². The summed E-state index contributed by atoms with van der Waals surface area (Å²) in [5.41, 5.74) is 4.45. The Hall–Kier alpha value is -3.15. The van der Waals surface area contributed by atoms with Gasteiger partial charge in [-0.05, 0) is 59.8 Å². The lowest BCUT2D eigenvalue weighted by atomic mass is 10.1. The molecule has 28 heavy (non-hydrogen) atoms. The van der Waals surface area contributed by atoms with Gasteiger partial charge in [-0.15, -0.1) is 0 Å². The molecule has 3 rings (SSSR count). The average molecular weight is 377 g/mol. The third kappa shape index (κ3) is 4.06. The minimum atomic E-state index is -0.218. The fraction of sp³-hybridized carbons (Fsp3) is 0.318. The third-order valence-corrected chi connectivity index (χ3v) is 4.47. The van der Waals surface area contributed by atoms with Crippen molar-refractivity contribution in [3.63, 3.8) is 0 Å². The number of benzene rings is 1. The second kappa shape index (κ2) is 7.46. The van der Waals surface area contributed by atoms with E-state index in [1.54, 1.807) is 6.08 Å². The van der Waals surface area contributed by atoms with Crippen LogP contribution in [0.25, 0.3) is 11.8 Å². The highest BCUT2D eigenvalue weighted by atomic mass is 16.1. The molecule has 3 aromatic rings. The van der Waals surface area contributed by atoms with Crippen LogP contribution in [0.1, 0.15) is 43.4 Å². The fourth-order valence-corrected chi connectivity index (χ4v) is 3.14. The largest absolute Gasteiger partial charge is 0.307 e. The van der Waals surface area contributed by atoms with Crippen LogP contribution >= 0.6 is 0 Å². The number of aromatic nitrogens is 4. The molecule has 0 spiro atoms. The molecule has 2 aromatic heterocycles. The van der Waals surface area contributed by atoms with E-state index in [0.717, 1.165) is 28.3 Å². The lowest BCUT2D eigenvalue weighted by Gasteiger charge is -2.22. The highest BCUT2D eigenvalue weighted by Crippen LogP contribution is 2.22. The second-order valence-corrected chi connectivity index (χ2v) is 7.91. The van der Waals surface area contributed by atoms with Crippen LogP contribution in [0.3, 0.4) is 0 Å². The summed E-state index contributed by atoms with van der Waals surface area (Å²) in [7, 11) is 0. The topological polar surface area (TPSA) is 64.7 Å². The van der Waals surface area contributed by atoms with E-state index in [4.69, 9.17) is 0 Å². The summed E-state index contributed by atoms with van der Waals surface area (Å²) >= 11 is 0. The Morgan fingerprint density at radius 2 is 1.75 bits per heavy atom. The van der Waals surface area contributed by atoms with E-state index in [1.165, 1.54) is 0 Å². The number of hydrogen-bond donors (Lipinski definition) is 1. The molecule has 0 unspecified atom stereocenters. The number of nitrogens with one attached hydrogen (secondary N) is 1. The smallest absolute Gasteiger partial charge is 0.249 e. The van der Waals surface area contributed by atoms with Crippen molar-refractivity contribution >= 4 is 17.8 Å². The number of rotatable bonds is 4. The van der Waals surface area contributed by atoms with Crippen molar-refractivity contribution in [1.29, 1.82) is 0 Å². The molecule has 0 aliphatic rings. The first-order valence-electron chi connectivity index (χ1n) is 9.34. The van der Waals surface area contributed by atoms with Crippen LogP contribution in [0.4, 0.5) is 5.82 Å². The quantitative estimate of drug-likeness (QED) is 0.685. The molecule has 1 amide bonds. The molecule has 0 aliphatic carbocycles. The first kappa shape index (κ1) is 19.6. The van der Waals surface area contributed by atoms with E-state index in [-0.39, 0.29) is 11.4 Å². The predicted molar refractivity (Wildman–Crippen MR) is 113 cm³/mol. The first-order valence-corrected chi connectivity index (χ1v) is 9.34. The van der Waals surface area contributed by atoms with E-state index >= 15 is 0 Å². The summed E-state index contributed by atoms with van der Waals surface area (Å²) in [5.74, 6) is 0.490. The molecule has 2 heterocycles. The molecule has 0 aliphatic heterocycles. The zero-order valence-electron chi connectivity index (χ0n) is 17.3. The normalized spacial score (nSPS) is 11.9. The van der Waals surface area contributed by atoms with Crippen LogP contribution in [0.2, 0.25) is 0 Å². The number of hydrogen-bond acceptors (Lipinski definition) is 3. The van der Waals surface area contributed by atoms with Gasteiger partial charge in [0.05, 0.1) is 22.6 Å². The molecule has 0 fully saturated rings. The molecular formula is C22H27N5O. The molecule has 0 radical (unpaired) electrons. The molecule has 0 atom stereocenters. The highest BCUT2D eigenvalue weighted by Gasteiger charge is 2.19. The van der Waals surface area contributed by atoms with Gasteiger partial charge in [-0.25, -0.2) is 9.36 Å². The van der Waals surface area contributed by atoms with Crippen LogP contribution in [-0.4, -0.2) is 25.5 Å². The zero-order valence-corrected chi connectivity index (χ0v) is 17.3. The van der Waals surface area contributed by atoms with Crippen LogP contribution in [-0.2, 0) is 10.3 Å². The standard InChI is InChI=1S/C22H27N5O/c1-15-14-20(27(24-15)22(4,5)6)23-21(28)13-12-19-16(2)25-26(17(19)3)18-10-8-7-9-11-18/h7-14H,1-6H3,(H,23,28)/b13-12+. The Kier molecular flexibility index (Phi) is 5.23. The van der Waals surface area contributed by atoms with Gasteiger partial charge in [-0.1, -0.05) is 18.2 Å². The molecule has 146 valence electrons. The summed E-state index contributed by atoms with van der Waals surface area (Å²) in [5, 5.41) is 12.0. The van der Waals surface area contributed by atoms with Gasteiger partial charge in [-0.3, -0.25) is 4.79 Å². The molecule has 0 bridgehead atoms. The summed E-state index contributed by atoms with van der Waals surface area (Å²) in [6.45, 7) is 12.0. The maximum atomic E-state index is 12.5. The average Bonchev–Trinajstić information content (AvgIpc) is 3.13. The summed E-state index contributed by atoms with van der Waals surface area (Å²) < 4.78 is 3.73. The van der Waals surface area contributed by atoms with Crippen LogP contribution < -0.4 is 5.32 Å². The minimum Gasteiger partial charge on any atom is -0.307 e. The van der Waals surface area contributed by atoms with Crippen molar-refractivity contribution in [2.75, 3.05) is 5.32 Å². The number of anilines is 1. The molecule has 6 heteroatoms. The molecule has 0 saturated carbocycles. The van der Waals surface area contributed by atoms with E-state index in [0.29, 0.717) is 5.82 Å². The predicted octanol–water partition coefficient (Wildman–Crippen LogP) is 4.40. The van der Waals surface area contributed by atoms with Gasteiger partial charge in [0.25, 0.3) is 0 Å². The van der Waals surface area contributed by atoms with Gasteiger partial charge in [0.2, 0.25) is 5.91 Å². The van der Waals surface area contributed by atoms with Gasteiger partial charge in [-0.2, -0.15) is 10.2 Å². The zero-order chi connectivity index (χ0) is 20.5. The van der Waals surface area contributed by atoms with Crippen LogP contribution in [0.5, 0.6) is 0 Å². The summed E-state index contributed by atoms with van der Waals surface area (Å²) in [4.78, 5) is 12.5. The molecule has 1 aromatic carbocycles. The monoisotopic (exact) mass is 377 g/mol. The maximum Gasteiger partial charge on any atom is 0.249 e. The summed E-state index contributed by atoms with van der Waals surface area (Å²) in [6, 6.07) is 11.8. The lowest BCUT2D eigenvalue weighted by Crippen LogP contribution is -2.26. The Morgan fingerprint density at radius 3 is 2.39 bits per heavy atom. The third-order valence-electron chi connectivity index (χ3n) is 4.47. The number of nitrogens with zero attached hydrogens (tertiary/aromatic N) is 4. The van der Waals surface area contributed by atoms with Crippen LogP contribution in [0, 0.1) is 20.8 Å². The van der Waals surface area contributed by atoms with E-state index in [2.05, 4.69) is 36.3 Å². The number of amides is 1. The van der Waals surface area contributed by atoms with Crippen molar-refractivity contribution in [1.82, 2.24) is 19.6 Å². The number of para-hydroxylation sites is 1. The molecular weight excluding hydrogens is 350 g/mol. The Bertz CT molecular complexity index is 1020. The summed E-state index contributed by atoms with van der Waals surface area (Å²) in [6.07, 6.45) is 3.36. The van der Waals surface area contributed by atoms with Crippen molar-refractivity contribution < 1.29 is 4.79 Å². The van der Waals surface area contributed by atoms with Crippen molar-refractivity contribution in [3.8, 4) is 5.69 Å². The Balaban J connectivity index is 1.82.